The fourth-order valence-electron chi connectivity index (χ4n) is 3.98. The van der Waals surface area contributed by atoms with E-state index in [0.717, 1.165) is 13.1 Å². The molecule has 0 bridgehead atoms. The molecule has 1 amide bonds. The van der Waals surface area contributed by atoms with Gasteiger partial charge in [-0.2, -0.15) is 0 Å². The molecule has 32 heavy (non-hydrogen) atoms. The number of hydrogen-bond donors (Lipinski definition) is 1. The van der Waals surface area contributed by atoms with Crippen molar-refractivity contribution in [2.24, 2.45) is 0 Å². The summed E-state index contributed by atoms with van der Waals surface area (Å²) in [7, 11) is 0. The first-order valence-corrected chi connectivity index (χ1v) is 10.9. The van der Waals surface area contributed by atoms with Crippen molar-refractivity contribution < 1.29 is 23.8 Å². The monoisotopic (exact) mass is 478 g/mol. The molecule has 0 aliphatic carbocycles. The van der Waals surface area contributed by atoms with E-state index in [2.05, 4.69) is 4.90 Å². The van der Waals surface area contributed by atoms with Crippen LogP contribution in [0.3, 0.4) is 0 Å². The van der Waals surface area contributed by atoms with Crippen LogP contribution in [0.15, 0.2) is 48.0 Å². The summed E-state index contributed by atoms with van der Waals surface area (Å²) in [6, 6.07) is 9.06. The molecule has 4 rings (SSSR count). The van der Waals surface area contributed by atoms with Crippen LogP contribution in [0.5, 0.6) is 0 Å². The van der Waals surface area contributed by atoms with Crippen LogP contribution in [0, 0.1) is 5.82 Å². The van der Waals surface area contributed by atoms with Crippen LogP contribution >= 0.6 is 23.2 Å². The van der Waals surface area contributed by atoms with Gasteiger partial charge < -0.3 is 14.7 Å². The van der Waals surface area contributed by atoms with Crippen molar-refractivity contribution in [1.29, 1.82) is 0 Å². The largest absolute Gasteiger partial charge is 0.507 e. The second kappa shape index (κ2) is 9.58. The predicted molar refractivity (Wildman–Crippen MR) is 119 cm³/mol. The minimum absolute atomic E-state index is 0.0676. The van der Waals surface area contributed by atoms with E-state index < -0.39 is 23.5 Å². The molecule has 0 spiro atoms. The van der Waals surface area contributed by atoms with Crippen molar-refractivity contribution in [3.05, 3.63) is 75.0 Å². The zero-order valence-electron chi connectivity index (χ0n) is 17.1. The molecule has 9 heteroatoms. The number of carbonyl (C=O) groups is 2. The molecule has 0 saturated carbocycles. The normalized spacial score (nSPS) is 21.3. The lowest BCUT2D eigenvalue weighted by Crippen LogP contribution is -2.42. The molecule has 168 valence electrons. The summed E-state index contributed by atoms with van der Waals surface area (Å²) in [6.07, 6.45) is 0. The number of rotatable bonds is 5. The molecular weight excluding hydrogens is 458 g/mol. The van der Waals surface area contributed by atoms with Gasteiger partial charge in [0.1, 0.15) is 11.6 Å². The van der Waals surface area contributed by atoms with Crippen molar-refractivity contribution in [3.8, 4) is 0 Å². The Morgan fingerprint density at radius 2 is 1.72 bits per heavy atom. The minimum atomic E-state index is -0.851. The van der Waals surface area contributed by atoms with Crippen molar-refractivity contribution in [2.75, 3.05) is 39.4 Å². The number of hydrogen-bond acceptors (Lipinski definition) is 5. The van der Waals surface area contributed by atoms with Gasteiger partial charge in [-0.1, -0.05) is 29.3 Å². The van der Waals surface area contributed by atoms with Gasteiger partial charge >= 0.3 is 0 Å². The second-order valence-electron chi connectivity index (χ2n) is 7.63. The van der Waals surface area contributed by atoms with Crippen LogP contribution in [0.1, 0.15) is 17.2 Å². The zero-order valence-corrected chi connectivity index (χ0v) is 18.6. The van der Waals surface area contributed by atoms with Gasteiger partial charge in [0.25, 0.3) is 11.7 Å². The third-order valence-electron chi connectivity index (χ3n) is 5.68. The van der Waals surface area contributed by atoms with Gasteiger partial charge in [0.2, 0.25) is 0 Å². The lowest BCUT2D eigenvalue weighted by atomic mass is 9.95. The molecule has 2 fully saturated rings. The van der Waals surface area contributed by atoms with E-state index in [9.17, 15) is 19.1 Å². The highest BCUT2D eigenvalue weighted by Crippen LogP contribution is 2.40. The van der Waals surface area contributed by atoms with E-state index >= 15 is 0 Å². The maximum Gasteiger partial charge on any atom is 0.295 e. The average molecular weight is 479 g/mol. The first kappa shape index (κ1) is 22.7. The Morgan fingerprint density at radius 3 is 2.38 bits per heavy atom. The number of likely N-dealkylation sites (tertiary alicyclic amines) is 1. The van der Waals surface area contributed by atoms with Gasteiger partial charge in [-0.15, -0.1) is 0 Å². The molecule has 2 aromatic rings. The first-order valence-electron chi connectivity index (χ1n) is 10.2. The quantitative estimate of drug-likeness (QED) is 0.401. The van der Waals surface area contributed by atoms with Crippen molar-refractivity contribution >= 4 is 40.7 Å². The van der Waals surface area contributed by atoms with Crippen molar-refractivity contribution in [1.82, 2.24) is 9.80 Å². The van der Waals surface area contributed by atoms with E-state index in [-0.39, 0.29) is 28.5 Å². The summed E-state index contributed by atoms with van der Waals surface area (Å²) in [5.41, 5.74) is 0.717. The summed E-state index contributed by atoms with van der Waals surface area (Å²) >= 11 is 12.3. The van der Waals surface area contributed by atoms with Gasteiger partial charge in [0.05, 0.1) is 34.9 Å². The maximum atomic E-state index is 13.4. The number of aliphatic hydroxyl groups is 1. The van der Waals surface area contributed by atoms with Gasteiger partial charge in [-0.3, -0.25) is 14.5 Å². The topological polar surface area (TPSA) is 70.1 Å². The summed E-state index contributed by atoms with van der Waals surface area (Å²) in [4.78, 5) is 29.6. The summed E-state index contributed by atoms with van der Waals surface area (Å²) in [5.74, 6) is -2.36. The Kier molecular flexibility index (Phi) is 6.81. The molecule has 2 aliphatic rings. The Morgan fingerprint density at radius 1 is 1.03 bits per heavy atom. The standard InChI is InChI=1S/C23H21Cl2FN2O4/c24-17-6-3-15(13-18(17)25)20-19(21(29)14-1-4-16(26)5-2-14)22(30)23(31)28(20)8-7-27-9-11-32-12-10-27/h1-6,13,20,29H,7-12H2/t20-/m0/s1. The molecule has 2 aromatic carbocycles. The molecular formula is C23H21Cl2FN2O4. The molecule has 2 heterocycles. The van der Waals surface area contributed by atoms with E-state index in [1.54, 1.807) is 18.2 Å². The Balaban J connectivity index is 1.75. The molecule has 1 atom stereocenters. The van der Waals surface area contributed by atoms with Crippen LogP contribution in [-0.2, 0) is 14.3 Å². The highest BCUT2D eigenvalue weighted by atomic mass is 35.5. The number of halogens is 3. The summed E-state index contributed by atoms with van der Waals surface area (Å²) in [6.45, 7) is 3.51. The number of benzene rings is 2. The van der Waals surface area contributed by atoms with Crippen LogP contribution in [0.25, 0.3) is 5.76 Å². The van der Waals surface area contributed by atoms with Crippen LogP contribution in [-0.4, -0.2) is 66.0 Å². The fourth-order valence-corrected chi connectivity index (χ4v) is 4.28. The minimum Gasteiger partial charge on any atom is -0.507 e. The smallest absolute Gasteiger partial charge is 0.295 e. The van der Waals surface area contributed by atoms with Gasteiger partial charge in [-0.25, -0.2) is 4.39 Å². The van der Waals surface area contributed by atoms with E-state index in [1.807, 2.05) is 0 Å². The average Bonchev–Trinajstić information content (AvgIpc) is 3.05. The van der Waals surface area contributed by atoms with E-state index in [1.165, 1.54) is 29.2 Å². The van der Waals surface area contributed by atoms with Crippen LogP contribution in [0.2, 0.25) is 10.0 Å². The number of aliphatic hydroxyl groups excluding tert-OH is 1. The lowest BCUT2D eigenvalue weighted by molar-refractivity contribution is -0.140. The Hall–Kier alpha value is -2.45. The maximum absolute atomic E-state index is 13.4. The number of ketones is 1. The van der Waals surface area contributed by atoms with Crippen LogP contribution in [0.4, 0.5) is 4.39 Å². The van der Waals surface area contributed by atoms with E-state index in [4.69, 9.17) is 27.9 Å². The third kappa shape index (κ3) is 4.52. The van der Waals surface area contributed by atoms with Crippen LogP contribution < -0.4 is 0 Å². The zero-order chi connectivity index (χ0) is 22.8. The number of morpholine rings is 1. The van der Waals surface area contributed by atoms with Gasteiger partial charge in [-0.05, 0) is 42.0 Å². The Bertz CT molecular complexity index is 1070. The number of carbonyl (C=O) groups excluding carboxylic acids is 2. The highest BCUT2D eigenvalue weighted by Gasteiger charge is 2.46. The number of Topliss-reactive ketones (excluding diaryl/α,β-unsaturated/α-hetero) is 1. The molecule has 0 aromatic heterocycles. The molecule has 1 N–H and O–H groups in total. The fraction of sp³-hybridized carbons (Fsp3) is 0.304. The molecule has 0 radical (unpaired) electrons. The van der Waals surface area contributed by atoms with Crippen molar-refractivity contribution in [3.63, 3.8) is 0 Å². The first-order chi connectivity index (χ1) is 15.4. The molecule has 6 nitrogen and oxygen atoms in total. The van der Waals surface area contributed by atoms with E-state index in [0.29, 0.717) is 30.3 Å². The van der Waals surface area contributed by atoms with Crippen molar-refractivity contribution in [2.45, 2.75) is 6.04 Å². The van der Waals surface area contributed by atoms with Gasteiger partial charge in [0.15, 0.2) is 0 Å². The molecule has 2 aliphatic heterocycles. The molecule has 0 unspecified atom stereocenters. The number of amides is 1. The highest BCUT2D eigenvalue weighted by molar-refractivity contribution is 6.46. The Labute approximate surface area is 194 Å². The lowest BCUT2D eigenvalue weighted by Gasteiger charge is -2.31. The van der Waals surface area contributed by atoms with Gasteiger partial charge in [0, 0.05) is 31.7 Å². The molecule has 2 saturated heterocycles. The third-order valence-corrected chi connectivity index (χ3v) is 6.42. The summed E-state index contributed by atoms with van der Waals surface area (Å²) in [5, 5.41) is 11.6. The number of ether oxygens (including phenoxy) is 1. The number of nitrogens with zero attached hydrogens (tertiary/aromatic N) is 2. The SMILES string of the molecule is O=C1C(=O)N(CCN2CCOCC2)[C@@H](c2ccc(Cl)c(Cl)c2)C1=C(O)c1ccc(F)cc1. The second-order valence-corrected chi connectivity index (χ2v) is 8.44. The summed E-state index contributed by atoms with van der Waals surface area (Å²) < 4.78 is 18.7. The predicted octanol–water partition coefficient (Wildman–Crippen LogP) is 3.89.